The summed E-state index contributed by atoms with van der Waals surface area (Å²) in [5.74, 6) is 0. The zero-order chi connectivity index (χ0) is 7.33. The molecule has 0 aromatic rings. The molecule has 56 valence electrons. The third-order valence-electron chi connectivity index (χ3n) is 1.70. The van der Waals surface area contributed by atoms with Gasteiger partial charge in [0.05, 0.1) is 5.54 Å². The molecule has 0 atom stereocenters. The minimum atomic E-state index is -0.250. The van der Waals surface area contributed by atoms with Gasteiger partial charge in [0.2, 0.25) is 0 Å². The molecular weight excluding hydrogens is 116 g/mol. The van der Waals surface area contributed by atoms with Crippen molar-refractivity contribution < 1.29 is 0 Å². The van der Waals surface area contributed by atoms with Crippen LogP contribution in [0.25, 0.3) is 0 Å². The van der Waals surface area contributed by atoms with Crippen LogP contribution in [0.5, 0.6) is 0 Å². The van der Waals surface area contributed by atoms with E-state index in [1.54, 1.807) is 0 Å². The topological polar surface area (TPSA) is 90.1 Å². The summed E-state index contributed by atoms with van der Waals surface area (Å²) in [5.41, 5.74) is 16.0. The van der Waals surface area contributed by atoms with E-state index in [9.17, 15) is 0 Å². The first-order valence-corrected chi connectivity index (χ1v) is 3.04. The van der Waals surface area contributed by atoms with Crippen LogP contribution in [-0.2, 0) is 0 Å². The average Bonchev–Trinajstić information content (AvgIpc) is 1.95. The first-order valence-electron chi connectivity index (χ1n) is 3.04. The molecule has 0 saturated heterocycles. The molecule has 0 aliphatic heterocycles. The number of hydrogen-bond donors (Lipinski definition) is 4. The Kier molecular flexibility index (Phi) is 3.72. The highest BCUT2D eigenvalue weighted by atomic mass is 15.0. The van der Waals surface area contributed by atoms with Crippen LogP contribution in [0.1, 0.15) is 0 Å². The van der Waals surface area contributed by atoms with Crippen molar-refractivity contribution >= 4 is 0 Å². The molecule has 0 amide bonds. The van der Waals surface area contributed by atoms with Crippen LogP contribution in [0.2, 0.25) is 0 Å². The van der Waals surface area contributed by atoms with Gasteiger partial charge in [-0.15, -0.1) is 0 Å². The molecule has 4 nitrogen and oxygen atoms in total. The van der Waals surface area contributed by atoms with Crippen LogP contribution < -0.4 is 22.5 Å². The van der Waals surface area contributed by atoms with E-state index in [-0.39, 0.29) is 5.54 Å². The van der Waals surface area contributed by atoms with E-state index in [0.29, 0.717) is 19.6 Å². The lowest BCUT2D eigenvalue weighted by molar-refractivity contribution is 0.379. The maximum atomic E-state index is 5.42. The SMILES string of the molecule is CNC(CN)(CN)CN. The van der Waals surface area contributed by atoms with E-state index in [2.05, 4.69) is 5.32 Å². The van der Waals surface area contributed by atoms with Crippen LogP contribution in [0, 0.1) is 0 Å². The Morgan fingerprint density at radius 1 is 1.11 bits per heavy atom. The lowest BCUT2D eigenvalue weighted by atomic mass is 10.0. The van der Waals surface area contributed by atoms with E-state index in [1.165, 1.54) is 0 Å². The fraction of sp³-hybridized carbons (Fsp3) is 1.00. The summed E-state index contributed by atoms with van der Waals surface area (Å²) in [4.78, 5) is 0. The van der Waals surface area contributed by atoms with Crippen LogP contribution in [0.15, 0.2) is 0 Å². The van der Waals surface area contributed by atoms with Gasteiger partial charge in [-0.05, 0) is 7.05 Å². The zero-order valence-electron chi connectivity index (χ0n) is 5.85. The molecule has 0 spiro atoms. The van der Waals surface area contributed by atoms with Crippen molar-refractivity contribution in [3.63, 3.8) is 0 Å². The fourth-order valence-electron chi connectivity index (χ4n) is 0.556. The van der Waals surface area contributed by atoms with E-state index < -0.39 is 0 Å². The number of likely N-dealkylation sites (N-methyl/N-ethyl adjacent to an activating group) is 1. The number of nitrogens with one attached hydrogen (secondary N) is 1. The highest BCUT2D eigenvalue weighted by Gasteiger charge is 2.21. The molecule has 0 heterocycles. The minimum Gasteiger partial charge on any atom is -0.329 e. The lowest BCUT2D eigenvalue weighted by Crippen LogP contribution is -2.59. The second kappa shape index (κ2) is 3.79. The zero-order valence-corrected chi connectivity index (χ0v) is 5.85. The highest BCUT2D eigenvalue weighted by molar-refractivity contribution is 4.89. The van der Waals surface area contributed by atoms with Gasteiger partial charge in [0.15, 0.2) is 0 Å². The Hall–Kier alpha value is -0.160. The Bertz CT molecular complexity index is 51.8. The maximum absolute atomic E-state index is 5.42. The molecule has 0 radical (unpaired) electrons. The second-order valence-electron chi connectivity index (χ2n) is 2.14. The third kappa shape index (κ3) is 1.91. The van der Waals surface area contributed by atoms with Crippen LogP contribution in [0.4, 0.5) is 0 Å². The molecule has 0 aromatic heterocycles. The molecule has 0 bridgehead atoms. The molecule has 9 heavy (non-hydrogen) atoms. The molecular formula is C5H16N4. The predicted molar refractivity (Wildman–Crippen MR) is 39.0 cm³/mol. The summed E-state index contributed by atoms with van der Waals surface area (Å²) in [6, 6.07) is 0. The Morgan fingerprint density at radius 2 is 1.44 bits per heavy atom. The van der Waals surface area contributed by atoms with Crippen LogP contribution in [-0.4, -0.2) is 32.2 Å². The monoisotopic (exact) mass is 132 g/mol. The van der Waals surface area contributed by atoms with E-state index >= 15 is 0 Å². The molecule has 0 saturated carbocycles. The summed E-state index contributed by atoms with van der Waals surface area (Å²) in [5, 5.41) is 2.99. The van der Waals surface area contributed by atoms with Crippen molar-refractivity contribution in [2.24, 2.45) is 17.2 Å². The quantitative estimate of drug-likeness (QED) is 0.350. The Morgan fingerprint density at radius 3 is 1.44 bits per heavy atom. The van der Waals surface area contributed by atoms with Gasteiger partial charge >= 0.3 is 0 Å². The molecule has 4 heteroatoms. The summed E-state index contributed by atoms with van der Waals surface area (Å²) in [7, 11) is 1.81. The van der Waals surface area contributed by atoms with Crippen molar-refractivity contribution in [2.45, 2.75) is 5.54 Å². The highest BCUT2D eigenvalue weighted by Crippen LogP contribution is 1.93. The smallest absolute Gasteiger partial charge is 0.0549 e. The van der Waals surface area contributed by atoms with Crippen molar-refractivity contribution in [1.82, 2.24) is 5.32 Å². The van der Waals surface area contributed by atoms with Gasteiger partial charge in [0.25, 0.3) is 0 Å². The van der Waals surface area contributed by atoms with Gasteiger partial charge in [-0.25, -0.2) is 0 Å². The largest absolute Gasteiger partial charge is 0.329 e. The van der Waals surface area contributed by atoms with Gasteiger partial charge in [-0.2, -0.15) is 0 Å². The van der Waals surface area contributed by atoms with Crippen LogP contribution >= 0.6 is 0 Å². The molecule has 0 unspecified atom stereocenters. The van der Waals surface area contributed by atoms with E-state index in [0.717, 1.165) is 0 Å². The van der Waals surface area contributed by atoms with Crippen molar-refractivity contribution in [3.8, 4) is 0 Å². The molecule has 0 fully saturated rings. The first kappa shape index (κ1) is 8.84. The second-order valence-corrected chi connectivity index (χ2v) is 2.14. The summed E-state index contributed by atoms with van der Waals surface area (Å²) < 4.78 is 0. The number of nitrogens with two attached hydrogens (primary N) is 3. The van der Waals surface area contributed by atoms with Crippen molar-refractivity contribution in [1.29, 1.82) is 0 Å². The van der Waals surface area contributed by atoms with Gasteiger partial charge in [-0.3, -0.25) is 0 Å². The Labute approximate surface area is 55.8 Å². The van der Waals surface area contributed by atoms with E-state index in [4.69, 9.17) is 17.2 Å². The van der Waals surface area contributed by atoms with Gasteiger partial charge in [0.1, 0.15) is 0 Å². The number of hydrogen-bond acceptors (Lipinski definition) is 4. The van der Waals surface area contributed by atoms with Gasteiger partial charge in [-0.1, -0.05) is 0 Å². The summed E-state index contributed by atoms with van der Waals surface area (Å²) >= 11 is 0. The van der Waals surface area contributed by atoms with Crippen molar-refractivity contribution in [3.05, 3.63) is 0 Å². The molecule has 0 aliphatic rings. The van der Waals surface area contributed by atoms with Crippen LogP contribution in [0.3, 0.4) is 0 Å². The summed E-state index contributed by atoms with van der Waals surface area (Å²) in [6.45, 7) is 1.45. The molecule has 0 aromatic carbocycles. The predicted octanol–water partition coefficient (Wildman–Crippen LogP) is -2.18. The fourth-order valence-corrected chi connectivity index (χ4v) is 0.556. The minimum absolute atomic E-state index is 0.250. The summed E-state index contributed by atoms with van der Waals surface area (Å²) in [6.07, 6.45) is 0. The Balaban J connectivity index is 3.82. The van der Waals surface area contributed by atoms with Crippen molar-refractivity contribution in [2.75, 3.05) is 26.7 Å². The van der Waals surface area contributed by atoms with Gasteiger partial charge in [0, 0.05) is 19.6 Å². The van der Waals surface area contributed by atoms with Gasteiger partial charge < -0.3 is 22.5 Å². The lowest BCUT2D eigenvalue weighted by Gasteiger charge is -2.28. The maximum Gasteiger partial charge on any atom is 0.0549 e. The molecule has 0 aliphatic carbocycles. The average molecular weight is 132 g/mol. The normalized spacial score (nSPS) is 12.0. The standard InChI is InChI=1S/C5H16N4/c1-9-5(2-6,3-7)4-8/h9H,2-4,6-8H2,1H3. The number of rotatable bonds is 4. The third-order valence-corrected chi connectivity index (χ3v) is 1.70. The molecule has 0 rings (SSSR count). The molecule has 7 N–H and O–H groups in total. The van der Waals surface area contributed by atoms with E-state index in [1.807, 2.05) is 7.05 Å². The first-order chi connectivity index (χ1) is 4.24.